The van der Waals surface area contributed by atoms with Gasteiger partial charge in [0.2, 0.25) is 0 Å². The molecule has 0 saturated heterocycles. The van der Waals surface area contributed by atoms with Gasteiger partial charge in [0.25, 0.3) is 5.91 Å². The van der Waals surface area contributed by atoms with Crippen molar-refractivity contribution >= 4 is 23.3 Å². The predicted octanol–water partition coefficient (Wildman–Crippen LogP) is 2.57. The Balaban J connectivity index is 1.83. The van der Waals surface area contributed by atoms with Gasteiger partial charge in [0.1, 0.15) is 5.82 Å². The molecular weight excluding hydrogens is 316 g/mol. The quantitative estimate of drug-likeness (QED) is 0.769. The number of hydrogen-bond acceptors (Lipinski definition) is 4. The van der Waals surface area contributed by atoms with Crippen molar-refractivity contribution in [3.63, 3.8) is 0 Å². The molecule has 0 aliphatic carbocycles. The summed E-state index contributed by atoms with van der Waals surface area (Å²) in [7, 11) is 0. The Hall–Kier alpha value is -2.67. The molecule has 0 atom stereocenters. The Labute approximate surface area is 137 Å². The SMILES string of the molecule is Cc1cnn(Cc2ccc(Cl)cc2)c1NC(=O)c1n[nH]nc1C. The molecule has 2 N–H and O–H groups in total. The van der Waals surface area contributed by atoms with Gasteiger partial charge in [-0.3, -0.25) is 4.79 Å². The molecule has 3 rings (SSSR count). The molecule has 0 radical (unpaired) electrons. The van der Waals surface area contributed by atoms with E-state index in [0.717, 1.165) is 11.1 Å². The van der Waals surface area contributed by atoms with E-state index in [4.69, 9.17) is 11.6 Å². The number of nitrogens with zero attached hydrogens (tertiary/aromatic N) is 4. The molecule has 0 aliphatic rings. The molecular formula is C15H15ClN6O. The summed E-state index contributed by atoms with van der Waals surface area (Å²) in [5.41, 5.74) is 2.71. The lowest BCUT2D eigenvalue weighted by Crippen LogP contribution is -2.18. The lowest BCUT2D eigenvalue weighted by Gasteiger charge is -2.10. The Morgan fingerprint density at radius 1 is 1.26 bits per heavy atom. The maximum atomic E-state index is 12.3. The van der Waals surface area contributed by atoms with E-state index in [9.17, 15) is 4.79 Å². The smallest absolute Gasteiger partial charge is 0.279 e. The van der Waals surface area contributed by atoms with E-state index in [1.165, 1.54) is 0 Å². The Morgan fingerprint density at radius 3 is 2.65 bits per heavy atom. The van der Waals surface area contributed by atoms with Gasteiger partial charge < -0.3 is 5.32 Å². The van der Waals surface area contributed by atoms with Gasteiger partial charge >= 0.3 is 0 Å². The van der Waals surface area contributed by atoms with Crippen molar-refractivity contribution in [3.05, 3.63) is 58.0 Å². The molecule has 0 saturated carbocycles. The third kappa shape index (κ3) is 3.24. The average molecular weight is 331 g/mol. The number of amides is 1. The molecule has 0 fully saturated rings. The van der Waals surface area contributed by atoms with Crippen molar-refractivity contribution in [3.8, 4) is 0 Å². The highest BCUT2D eigenvalue weighted by Gasteiger charge is 2.17. The van der Waals surface area contributed by atoms with Crippen molar-refractivity contribution in [2.24, 2.45) is 0 Å². The number of benzene rings is 1. The Bertz CT molecular complexity index is 836. The van der Waals surface area contributed by atoms with Crippen LogP contribution in [0.3, 0.4) is 0 Å². The van der Waals surface area contributed by atoms with Gasteiger partial charge in [-0.25, -0.2) is 4.68 Å². The third-order valence-corrected chi connectivity index (χ3v) is 3.69. The first kappa shape index (κ1) is 15.2. The number of rotatable bonds is 4. The van der Waals surface area contributed by atoms with E-state index in [2.05, 4.69) is 25.8 Å². The molecule has 118 valence electrons. The molecule has 2 aromatic heterocycles. The van der Waals surface area contributed by atoms with Gasteiger partial charge in [-0.05, 0) is 31.5 Å². The molecule has 23 heavy (non-hydrogen) atoms. The second-order valence-electron chi connectivity index (χ2n) is 5.17. The number of aromatic nitrogens is 5. The number of carbonyl (C=O) groups is 1. The summed E-state index contributed by atoms with van der Waals surface area (Å²) in [6, 6.07) is 7.49. The molecule has 3 aromatic rings. The zero-order valence-electron chi connectivity index (χ0n) is 12.7. The minimum absolute atomic E-state index is 0.267. The van der Waals surface area contributed by atoms with Crippen LogP contribution in [-0.4, -0.2) is 31.1 Å². The minimum atomic E-state index is -0.322. The zero-order valence-corrected chi connectivity index (χ0v) is 13.4. The third-order valence-electron chi connectivity index (χ3n) is 3.44. The highest BCUT2D eigenvalue weighted by atomic mass is 35.5. The highest BCUT2D eigenvalue weighted by Crippen LogP contribution is 2.18. The molecule has 8 heteroatoms. The zero-order chi connectivity index (χ0) is 16.4. The van der Waals surface area contributed by atoms with E-state index in [0.29, 0.717) is 23.1 Å². The van der Waals surface area contributed by atoms with Crippen molar-refractivity contribution in [1.82, 2.24) is 25.2 Å². The van der Waals surface area contributed by atoms with Gasteiger partial charge in [0, 0.05) is 10.6 Å². The summed E-state index contributed by atoms with van der Waals surface area (Å²) in [5, 5.41) is 18.0. The van der Waals surface area contributed by atoms with Gasteiger partial charge in [0.05, 0.1) is 18.4 Å². The van der Waals surface area contributed by atoms with E-state index in [-0.39, 0.29) is 11.6 Å². The van der Waals surface area contributed by atoms with Crippen LogP contribution in [0.2, 0.25) is 5.02 Å². The van der Waals surface area contributed by atoms with Crippen LogP contribution in [0.15, 0.2) is 30.5 Å². The second-order valence-corrected chi connectivity index (χ2v) is 5.61. The van der Waals surface area contributed by atoms with Gasteiger partial charge in [-0.2, -0.15) is 20.5 Å². The topological polar surface area (TPSA) is 88.5 Å². The lowest BCUT2D eigenvalue weighted by atomic mass is 10.2. The Kier molecular flexibility index (Phi) is 4.12. The minimum Gasteiger partial charge on any atom is -0.305 e. The number of aromatic amines is 1. The van der Waals surface area contributed by atoms with Crippen LogP contribution >= 0.6 is 11.6 Å². The standard InChI is InChI=1S/C15H15ClN6O/c1-9-7-17-22(8-11-3-5-12(16)6-4-11)14(9)18-15(23)13-10(2)19-21-20-13/h3-7H,8H2,1-2H3,(H,18,23)(H,19,20,21). The van der Waals surface area contributed by atoms with Crippen LogP contribution in [-0.2, 0) is 6.54 Å². The van der Waals surface area contributed by atoms with E-state index < -0.39 is 0 Å². The number of hydrogen-bond donors (Lipinski definition) is 2. The second kappa shape index (κ2) is 6.21. The van der Waals surface area contributed by atoms with Gasteiger partial charge in [-0.1, -0.05) is 23.7 Å². The number of nitrogens with one attached hydrogen (secondary N) is 2. The van der Waals surface area contributed by atoms with Crippen LogP contribution in [0, 0.1) is 13.8 Å². The molecule has 1 aromatic carbocycles. The van der Waals surface area contributed by atoms with Gasteiger partial charge in [-0.15, -0.1) is 0 Å². The summed E-state index contributed by atoms with van der Waals surface area (Å²) < 4.78 is 1.73. The molecule has 0 spiro atoms. The monoisotopic (exact) mass is 330 g/mol. The lowest BCUT2D eigenvalue weighted by molar-refractivity contribution is 0.102. The first-order valence-corrected chi connectivity index (χ1v) is 7.38. The average Bonchev–Trinajstić information content (AvgIpc) is 3.10. The maximum absolute atomic E-state index is 12.3. The molecule has 0 bridgehead atoms. The van der Waals surface area contributed by atoms with Crippen LogP contribution in [0.5, 0.6) is 0 Å². The van der Waals surface area contributed by atoms with Crippen molar-refractivity contribution in [2.45, 2.75) is 20.4 Å². The predicted molar refractivity (Wildman–Crippen MR) is 86.6 cm³/mol. The highest BCUT2D eigenvalue weighted by molar-refractivity contribution is 6.30. The van der Waals surface area contributed by atoms with E-state index in [1.807, 2.05) is 31.2 Å². The van der Waals surface area contributed by atoms with Crippen LogP contribution in [0.4, 0.5) is 5.82 Å². The summed E-state index contributed by atoms with van der Waals surface area (Å²) in [4.78, 5) is 12.3. The summed E-state index contributed by atoms with van der Waals surface area (Å²) in [6.07, 6.45) is 1.71. The summed E-state index contributed by atoms with van der Waals surface area (Å²) in [6.45, 7) is 4.13. The van der Waals surface area contributed by atoms with E-state index in [1.54, 1.807) is 17.8 Å². The number of anilines is 1. The first-order chi connectivity index (χ1) is 11.0. The Morgan fingerprint density at radius 2 is 2.00 bits per heavy atom. The van der Waals surface area contributed by atoms with Crippen LogP contribution < -0.4 is 5.32 Å². The molecule has 2 heterocycles. The normalized spacial score (nSPS) is 10.7. The van der Waals surface area contributed by atoms with Crippen molar-refractivity contribution in [2.75, 3.05) is 5.32 Å². The van der Waals surface area contributed by atoms with Crippen molar-refractivity contribution in [1.29, 1.82) is 0 Å². The molecule has 1 amide bonds. The largest absolute Gasteiger partial charge is 0.305 e. The van der Waals surface area contributed by atoms with Crippen LogP contribution in [0.25, 0.3) is 0 Å². The number of halogens is 1. The summed E-state index contributed by atoms with van der Waals surface area (Å²) >= 11 is 5.90. The van der Waals surface area contributed by atoms with Gasteiger partial charge in [0.15, 0.2) is 5.69 Å². The number of carbonyl (C=O) groups excluding carboxylic acids is 1. The molecule has 0 aliphatic heterocycles. The first-order valence-electron chi connectivity index (χ1n) is 7.00. The fourth-order valence-electron chi connectivity index (χ4n) is 2.19. The summed E-state index contributed by atoms with van der Waals surface area (Å²) in [5.74, 6) is 0.310. The van der Waals surface area contributed by atoms with Crippen molar-refractivity contribution < 1.29 is 4.79 Å². The van der Waals surface area contributed by atoms with Crippen LogP contribution in [0.1, 0.15) is 27.3 Å². The molecule has 7 nitrogen and oxygen atoms in total. The fourth-order valence-corrected chi connectivity index (χ4v) is 2.32. The number of aryl methyl sites for hydroxylation is 2. The maximum Gasteiger partial charge on any atom is 0.279 e. The fraction of sp³-hybridized carbons (Fsp3) is 0.200. The van der Waals surface area contributed by atoms with E-state index >= 15 is 0 Å². The number of H-pyrrole nitrogens is 1. The molecule has 0 unspecified atom stereocenters.